The van der Waals surface area contributed by atoms with E-state index in [2.05, 4.69) is 11.0 Å². The van der Waals surface area contributed by atoms with E-state index < -0.39 is 0 Å². The van der Waals surface area contributed by atoms with Gasteiger partial charge < -0.3 is 9.64 Å². The number of hydrogen-bond acceptors (Lipinski definition) is 4. The fourth-order valence-electron chi connectivity index (χ4n) is 1.78. The molecule has 0 aliphatic carbocycles. The highest BCUT2D eigenvalue weighted by Crippen LogP contribution is 2.14. The van der Waals surface area contributed by atoms with Crippen LogP contribution in [-0.4, -0.2) is 25.2 Å². The van der Waals surface area contributed by atoms with E-state index in [4.69, 9.17) is 10.00 Å². The predicted molar refractivity (Wildman–Crippen MR) is 70.1 cm³/mol. The molecular formula is C14H18N2O2. The van der Waals surface area contributed by atoms with Gasteiger partial charge in [0.15, 0.2) is 0 Å². The first kappa shape index (κ1) is 14.0. The molecule has 0 spiro atoms. The molecule has 4 heteroatoms. The van der Waals surface area contributed by atoms with E-state index in [0.717, 1.165) is 5.69 Å². The van der Waals surface area contributed by atoms with Crippen molar-refractivity contribution >= 4 is 11.7 Å². The van der Waals surface area contributed by atoms with Crippen molar-refractivity contribution in [1.29, 1.82) is 5.26 Å². The summed E-state index contributed by atoms with van der Waals surface area (Å²) < 4.78 is 5.12. The van der Waals surface area contributed by atoms with Crippen molar-refractivity contribution in [2.24, 2.45) is 0 Å². The standard InChI is InChI=1S/C14H18N2O2/c1-12(18-13(2)17)11-16(10-6-9-15)14-7-4-3-5-8-14/h3-5,7-8,12H,6,10-11H2,1-2H3. The monoisotopic (exact) mass is 246 g/mol. The van der Waals surface area contributed by atoms with Crippen LogP contribution in [0.15, 0.2) is 30.3 Å². The van der Waals surface area contributed by atoms with Crippen LogP contribution >= 0.6 is 0 Å². The third-order valence-corrected chi connectivity index (χ3v) is 2.46. The van der Waals surface area contributed by atoms with Gasteiger partial charge in [0, 0.05) is 19.2 Å². The second-order valence-electron chi connectivity index (χ2n) is 4.11. The summed E-state index contributed by atoms with van der Waals surface area (Å²) in [6.07, 6.45) is 0.253. The minimum Gasteiger partial charge on any atom is -0.461 e. The summed E-state index contributed by atoms with van der Waals surface area (Å²) in [6.45, 7) is 4.47. The number of hydrogen-bond donors (Lipinski definition) is 0. The number of benzene rings is 1. The summed E-state index contributed by atoms with van der Waals surface area (Å²) in [7, 11) is 0. The molecule has 0 heterocycles. The Morgan fingerprint density at radius 2 is 2.11 bits per heavy atom. The molecule has 1 rings (SSSR count). The van der Waals surface area contributed by atoms with Gasteiger partial charge in [0.05, 0.1) is 19.0 Å². The molecule has 0 radical (unpaired) electrons. The number of ether oxygens (including phenoxy) is 1. The van der Waals surface area contributed by atoms with Crippen molar-refractivity contribution < 1.29 is 9.53 Å². The molecular weight excluding hydrogens is 228 g/mol. The highest BCUT2D eigenvalue weighted by atomic mass is 16.5. The van der Waals surface area contributed by atoms with Gasteiger partial charge in [-0.1, -0.05) is 18.2 Å². The molecule has 0 fully saturated rings. The number of anilines is 1. The Hall–Kier alpha value is -2.02. The molecule has 1 atom stereocenters. The van der Waals surface area contributed by atoms with Crippen LogP contribution in [0.3, 0.4) is 0 Å². The maximum absolute atomic E-state index is 10.9. The second kappa shape index (κ2) is 7.33. The van der Waals surface area contributed by atoms with E-state index in [1.807, 2.05) is 37.3 Å². The largest absolute Gasteiger partial charge is 0.461 e. The predicted octanol–water partition coefficient (Wildman–Crippen LogP) is 2.36. The fraction of sp³-hybridized carbons (Fsp3) is 0.429. The zero-order chi connectivity index (χ0) is 13.4. The summed E-state index contributed by atoms with van der Waals surface area (Å²) >= 11 is 0. The Bertz CT molecular complexity index is 412. The molecule has 1 unspecified atom stereocenters. The van der Waals surface area contributed by atoms with E-state index in [1.165, 1.54) is 6.92 Å². The van der Waals surface area contributed by atoms with Gasteiger partial charge in [-0.05, 0) is 19.1 Å². The minimum absolute atomic E-state index is 0.193. The average Bonchev–Trinajstić information content (AvgIpc) is 2.34. The zero-order valence-corrected chi connectivity index (χ0v) is 10.8. The molecule has 0 aliphatic rings. The van der Waals surface area contributed by atoms with Gasteiger partial charge >= 0.3 is 5.97 Å². The Balaban J connectivity index is 2.67. The van der Waals surface area contributed by atoms with Crippen molar-refractivity contribution in [2.45, 2.75) is 26.4 Å². The maximum Gasteiger partial charge on any atom is 0.302 e. The van der Waals surface area contributed by atoms with Gasteiger partial charge in [0.25, 0.3) is 0 Å². The highest BCUT2D eigenvalue weighted by molar-refractivity contribution is 5.66. The number of nitrogens with zero attached hydrogens (tertiary/aromatic N) is 2. The van der Waals surface area contributed by atoms with E-state index in [9.17, 15) is 4.79 Å². The first-order chi connectivity index (χ1) is 8.63. The van der Waals surface area contributed by atoms with Crippen LogP contribution in [0.4, 0.5) is 5.69 Å². The summed E-state index contributed by atoms with van der Waals surface area (Å²) in [6, 6.07) is 11.9. The van der Waals surface area contributed by atoms with Gasteiger partial charge in [-0.2, -0.15) is 5.26 Å². The van der Waals surface area contributed by atoms with Crippen LogP contribution in [-0.2, 0) is 9.53 Å². The van der Waals surface area contributed by atoms with Crippen LogP contribution in [0.1, 0.15) is 20.3 Å². The van der Waals surface area contributed by atoms with Crippen LogP contribution in [0, 0.1) is 11.3 Å². The Kier molecular flexibility index (Phi) is 5.72. The molecule has 18 heavy (non-hydrogen) atoms. The first-order valence-electron chi connectivity index (χ1n) is 5.97. The summed E-state index contributed by atoms with van der Waals surface area (Å²) in [5.74, 6) is -0.282. The van der Waals surface area contributed by atoms with Crippen LogP contribution in [0.2, 0.25) is 0 Å². The number of nitriles is 1. The third kappa shape index (κ3) is 4.88. The van der Waals surface area contributed by atoms with Crippen molar-refractivity contribution in [3.8, 4) is 6.07 Å². The molecule has 0 amide bonds. The molecule has 96 valence electrons. The van der Waals surface area contributed by atoms with Gasteiger partial charge in [0.2, 0.25) is 0 Å². The van der Waals surface area contributed by atoms with Crippen LogP contribution < -0.4 is 4.90 Å². The lowest BCUT2D eigenvalue weighted by atomic mass is 10.2. The van der Waals surface area contributed by atoms with Crippen molar-refractivity contribution in [2.75, 3.05) is 18.0 Å². The van der Waals surface area contributed by atoms with E-state index >= 15 is 0 Å². The molecule has 0 bridgehead atoms. The average molecular weight is 246 g/mol. The van der Waals surface area contributed by atoms with Gasteiger partial charge in [0.1, 0.15) is 6.10 Å². The molecule has 0 N–H and O–H groups in total. The molecule has 0 aliphatic heterocycles. The van der Waals surface area contributed by atoms with Crippen LogP contribution in [0.5, 0.6) is 0 Å². The van der Waals surface area contributed by atoms with Crippen molar-refractivity contribution in [3.05, 3.63) is 30.3 Å². The Morgan fingerprint density at radius 1 is 1.44 bits per heavy atom. The zero-order valence-electron chi connectivity index (χ0n) is 10.8. The van der Waals surface area contributed by atoms with E-state index in [-0.39, 0.29) is 12.1 Å². The lowest BCUT2D eigenvalue weighted by Gasteiger charge is -2.26. The normalized spacial score (nSPS) is 11.4. The third-order valence-electron chi connectivity index (χ3n) is 2.46. The molecule has 1 aromatic rings. The number of carbonyl (C=O) groups excluding carboxylic acids is 1. The number of carbonyl (C=O) groups is 1. The Morgan fingerprint density at radius 3 is 2.67 bits per heavy atom. The SMILES string of the molecule is CC(=O)OC(C)CN(CCC#N)c1ccccc1. The number of para-hydroxylation sites is 1. The molecule has 1 aromatic carbocycles. The van der Waals surface area contributed by atoms with Gasteiger partial charge in [-0.15, -0.1) is 0 Å². The van der Waals surface area contributed by atoms with E-state index in [0.29, 0.717) is 19.5 Å². The number of rotatable bonds is 6. The highest BCUT2D eigenvalue weighted by Gasteiger charge is 2.12. The minimum atomic E-state index is -0.282. The van der Waals surface area contributed by atoms with Gasteiger partial charge in [-0.3, -0.25) is 4.79 Å². The quantitative estimate of drug-likeness (QED) is 0.723. The van der Waals surface area contributed by atoms with Crippen molar-refractivity contribution in [3.63, 3.8) is 0 Å². The smallest absolute Gasteiger partial charge is 0.302 e. The fourth-order valence-corrected chi connectivity index (χ4v) is 1.78. The van der Waals surface area contributed by atoms with Crippen molar-refractivity contribution in [1.82, 2.24) is 0 Å². The number of esters is 1. The Labute approximate surface area is 108 Å². The molecule has 0 saturated carbocycles. The van der Waals surface area contributed by atoms with Crippen LogP contribution in [0.25, 0.3) is 0 Å². The first-order valence-corrected chi connectivity index (χ1v) is 5.97. The van der Waals surface area contributed by atoms with E-state index in [1.54, 1.807) is 0 Å². The molecule has 0 saturated heterocycles. The molecule has 0 aromatic heterocycles. The topological polar surface area (TPSA) is 53.3 Å². The second-order valence-corrected chi connectivity index (χ2v) is 4.11. The van der Waals surface area contributed by atoms with Gasteiger partial charge in [-0.25, -0.2) is 0 Å². The summed E-state index contributed by atoms with van der Waals surface area (Å²) in [5.41, 5.74) is 1.03. The maximum atomic E-state index is 10.9. The summed E-state index contributed by atoms with van der Waals surface area (Å²) in [4.78, 5) is 12.9. The molecule has 4 nitrogen and oxygen atoms in total. The summed E-state index contributed by atoms with van der Waals surface area (Å²) in [5, 5.41) is 8.68. The lowest BCUT2D eigenvalue weighted by molar-refractivity contribution is -0.145. The lowest BCUT2D eigenvalue weighted by Crippen LogP contribution is -2.34.